The van der Waals surface area contributed by atoms with E-state index in [1.54, 1.807) is 24.6 Å². The molecule has 3 heterocycles. The van der Waals surface area contributed by atoms with E-state index >= 15 is 0 Å². The quantitative estimate of drug-likeness (QED) is 0.356. The summed E-state index contributed by atoms with van der Waals surface area (Å²) in [4.78, 5) is 21.9. The van der Waals surface area contributed by atoms with E-state index in [-0.39, 0.29) is 12.0 Å². The summed E-state index contributed by atoms with van der Waals surface area (Å²) in [5, 5.41) is 2.73. The highest BCUT2D eigenvalue weighted by Gasteiger charge is 2.30. The van der Waals surface area contributed by atoms with Crippen molar-refractivity contribution in [1.29, 1.82) is 0 Å². The zero-order chi connectivity index (χ0) is 26.2. The molecule has 38 heavy (non-hydrogen) atoms. The van der Waals surface area contributed by atoms with Gasteiger partial charge in [-0.3, -0.25) is 9.69 Å². The highest BCUT2D eigenvalue weighted by molar-refractivity contribution is 7.11. The lowest BCUT2D eigenvalue weighted by atomic mass is 9.98. The Morgan fingerprint density at radius 2 is 1.76 bits per heavy atom. The summed E-state index contributed by atoms with van der Waals surface area (Å²) >= 11 is 1.56. The minimum atomic E-state index is 0.238. The van der Waals surface area contributed by atoms with Crippen LogP contribution in [-0.2, 0) is 17.8 Å². The number of carbonyl (C=O) groups excluding carboxylic acids is 1. The average Bonchev–Trinajstić information content (AvgIpc) is 3.49. The molecule has 3 aromatic rings. The van der Waals surface area contributed by atoms with Crippen LogP contribution in [0.5, 0.6) is 16.7 Å². The lowest BCUT2D eigenvalue weighted by molar-refractivity contribution is -0.132. The number of ether oxygens (including phenoxy) is 3. The van der Waals surface area contributed by atoms with Gasteiger partial charge in [0, 0.05) is 50.2 Å². The summed E-state index contributed by atoms with van der Waals surface area (Å²) in [6.07, 6.45) is 7.43. The Balaban J connectivity index is 1.05. The van der Waals surface area contributed by atoms with Crippen LogP contribution in [0, 0.1) is 0 Å². The second-order valence-corrected chi connectivity index (χ2v) is 10.9. The van der Waals surface area contributed by atoms with Gasteiger partial charge in [-0.25, -0.2) is 4.98 Å². The molecule has 1 aromatic heterocycles. The van der Waals surface area contributed by atoms with Crippen molar-refractivity contribution < 1.29 is 19.0 Å². The highest BCUT2D eigenvalue weighted by atomic mass is 32.1. The van der Waals surface area contributed by atoms with Gasteiger partial charge < -0.3 is 19.1 Å². The number of methoxy groups -OCH3 is 1. The Morgan fingerprint density at radius 1 is 0.974 bits per heavy atom. The maximum absolute atomic E-state index is 13.0. The molecule has 0 radical (unpaired) electrons. The molecule has 2 saturated heterocycles. The molecule has 0 atom stereocenters. The van der Waals surface area contributed by atoms with E-state index in [2.05, 4.69) is 9.88 Å². The van der Waals surface area contributed by atoms with Crippen LogP contribution in [0.3, 0.4) is 0 Å². The van der Waals surface area contributed by atoms with E-state index < -0.39 is 0 Å². The van der Waals surface area contributed by atoms with Crippen molar-refractivity contribution in [2.75, 3.05) is 33.3 Å². The number of likely N-dealkylation sites (tertiary alicyclic amines) is 2. The first-order chi connectivity index (χ1) is 18.7. The van der Waals surface area contributed by atoms with E-state index in [4.69, 9.17) is 14.2 Å². The average molecular weight is 536 g/mol. The second-order valence-electron chi connectivity index (χ2n) is 10.0. The third-order valence-corrected chi connectivity index (χ3v) is 8.24. The number of benzene rings is 2. The van der Waals surface area contributed by atoms with Crippen LogP contribution >= 0.6 is 11.3 Å². The second kappa shape index (κ2) is 13.1. The third-order valence-electron chi connectivity index (χ3n) is 7.58. The van der Waals surface area contributed by atoms with Crippen LogP contribution in [0.2, 0.25) is 0 Å². The number of nitrogens with zero attached hydrogens (tertiary/aromatic N) is 3. The largest absolute Gasteiger partial charge is 0.493 e. The van der Waals surface area contributed by atoms with Crippen LogP contribution in [0.1, 0.15) is 43.2 Å². The summed E-state index contributed by atoms with van der Waals surface area (Å²) < 4.78 is 17.5. The predicted molar refractivity (Wildman–Crippen MR) is 149 cm³/mol. The number of hydrogen-bond acceptors (Lipinski definition) is 7. The maximum atomic E-state index is 13.0. The standard InChI is InChI=1S/C30H37N3O4S/c1-35-27-9-7-23(21-28(27)36-22-24-5-3-2-4-6-24)8-10-29(34)33-16-11-25(12-17-33)32-18-13-26(14-19-32)37-30-31-15-20-38-30/h2-7,9,15,20-21,25-26H,8,10-14,16-19,22H2,1H3. The topological polar surface area (TPSA) is 64.1 Å². The van der Waals surface area contributed by atoms with Gasteiger partial charge in [0.15, 0.2) is 11.5 Å². The Kier molecular flexibility index (Phi) is 9.15. The van der Waals surface area contributed by atoms with Crippen LogP contribution in [0.4, 0.5) is 0 Å². The van der Waals surface area contributed by atoms with Gasteiger partial charge in [0.25, 0.3) is 5.19 Å². The van der Waals surface area contributed by atoms with E-state index in [9.17, 15) is 4.79 Å². The number of amides is 1. The highest BCUT2D eigenvalue weighted by Crippen LogP contribution is 2.30. The van der Waals surface area contributed by atoms with Crippen molar-refractivity contribution >= 4 is 17.2 Å². The van der Waals surface area contributed by atoms with Crippen LogP contribution < -0.4 is 14.2 Å². The van der Waals surface area contributed by atoms with Gasteiger partial charge in [-0.05, 0) is 55.4 Å². The summed E-state index contributed by atoms with van der Waals surface area (Å²) in [6, 6.07) is 16.6. The first-order valence-corrected chi connectivity index (χ1v) is 14.5. The number of aryl methyl sites for hydroxylation is 1. The van der Waals surface area contributed by atoms with Crippen LogP contribution in [0.15, 0.2) is 60.1 Å². The Hall–Kier alpha value is -3.10. The molecule has 0 spiro atoms. The van der Waals surface area contributed by atoms with E-state index in [1.165, 1.54) is 0 Å². The first-order valence-electron chi connectivity index (χ1n) is 13.6. The van der Waals surface area contributed by atoms with Crippen molar-refractivity contribution in [2.24, 2.45) is 0 Å². The van der Waals surface area contributed by atoms with E-state index in [0.717, 1.165) is 68.2 Å². The van der Waals surface area contributed by atoms with Gasteiger partial charge in [-0.2, -0.15) is 0 Å². The molecule has 8 heteroatoms. The molecule has 2 aliphatic rings. The molecule has 0 N–H and O–H groups in total. The molecule has 1 amide bonds. The summed E-state index contributed by atoms with van der Waals surface area (Å²) in [6.45, 7) is 4.27. The maximum Gasteiger partial charge on any atom is 0.273 e. The van der Waals surface area contributed by atoms with Crippen molar-refractivity contribution in [2.45, 2.75) is 57.3 Å². The molecular weight excluding hydrogens is 498 g/mol. The summed E-state index contributed by atoms with van der Waals surface area (Å²) in [7, 11) is 1.65. The molecule has 2 fully saturated rings. The molecule has 0 unspecified atom stereocenters. The number of piperidine rings is 2. The number of hydrogen-bond donors (Lipinski definition) is 0. The van der Waals surface area contributed by atoms with Gasteiger partial charge in [-0.15, -0.1) is 0 Å². The van der Waals surface area contributed by atoms with E-state index in [0.29, 0.717) is 37.0 Å². The van der Waals surface area contributed by atoms with Gasteiger partial charge in [0.1, 0.15) is 12.7 Å². The van der Waals surface area contributed by atoms with Gasteiger partial charge in [0.2, 0.25) is 5.91 Å². The smallest absolute Gasteiger partial charge is 0.273 e. The monoisotopic (exact) mass is 535 g/mol. The molecular formula is C30H37N3O4S. The third kappa shape index (κ3) is 7.05. The van der Waals surface area contributed by atoms with Crippen molar-refractivity contribution in [3.05, 3.63) is 71.2 Å². The molecule has 0 bridgehead atoms. The normalized spacial score (nSPS) is 17.3. The van der Waals surface area contributed by atoms with Crippen LogP contribution in [0.25, 0.3) is 0 Å². The zero-order valence-electron chi connectivity index (χ0n) is 22.1. The molecule has 5 rings (SSSR count). The van der Waals surface area contributed by atoms with E-state index in [1.807, 2.05) is 58.8 Å². The van der Waals surface area contributed by atoms with Crippen LogP contribution in [-0.4, -0.2) is 66.1 Å². The molecule has 2 aromatic carbocycles. The lowest BCUT2D eigenvalue weighted by Crippen LogP contribution is -2.50. The minimum Gasteiger partial charge on any atom is -0.493 e. The first kappa shape index (κ1) is 26.5. The fraction of sp³-hybridized carbons (Fsp3) is 0.467. The van der Waals surface area contributed by atoms with Gasteiger partial charge in [-0.1, -0.05) is 47.7 Å². The molecule has 202 valence electrons. The van der Waals surface area contributed by atoms with Crippen molar-refractivity contribution in [3.8, 4) is 16.7 Å². The fourth-order valence-electron chi connectivity index (χ4n) is 5.38. The molecule has 0 saturated carbocycles. The van der Waals surface area contributed by atoms with Gasteiger partial charge in [0.05, 0.1) is 7.11 Å². The minimum absolute atomic E-state index is 0.238. The zero-order valence-corrected chi connectivity index (χ0v) is 22.9. The number of rotatable bonds is 10. The Bertz CT molecular complexity index is 1140. The number of aromatic nitrogens is 1. The summed E-state index contributed by atoms with van der Waals surface area (Å²) in [5.74, 6) is 1.65. The predicted octanol–water partition coefficient (Wildman–Crippen LogP) is 5.20. The Morgan fingerprint density at radius 3 is 2.47 bits per heavy atom. The molecule has 0 aliphatic carbocycles. The number of thiazole rings is 1. The SMILES string of the molecule is COc1ccc(CCC(=O)N2CCC(N3CCC(Oc4nccs4)CC3)CC2)cc1OCc1ccccc1. The summed E-state index contributed by atoms with van der Waals surface area (Å²) in [5.41, 5.74) is 2.19. The van der Waals surface area contributed by atoms with Crippen molar-refractivity contribution in [3.63, 3.8) is 0 Å². The lowest BCUT2D eigenvalue weighted by Gasteiger charge is -2.41. The fourth-order valence-corrected chi connectivity index (χ4v) is 5.94. The molecule has 7 nitrogen and oxygen atoms in total. The molecule has 2 aliphatic heterocycles. The van der Waals surface area contributed by atoms with Crippen molar-refractivity contribution in [1.82, 2.24) is 14.8 Å². The van der Waals surface area contributed by atoms with Gasteiger partial charge >= 0.3 is 0 Å². The Labute approximate surface area is 229 Å². The number of carbonyl (C=O) groups is 1.